The van der Waals surface area contributed by atoms with E-state index in [-0.39, 0.29) is 5.56 Å². The SMILES string of the molecule is COCCOc1ccc2c(-c3ccc(F)cc3F)nc(Nc3cc(C)[nH]n3)cc2c1. The molecule has 2 N–H and O–H groups in total. The van der Waals surface area contributed by atoms with E-state index in [1.54, 1.807) is 13.2 Å². The number of aromatic nitrogens is 3. The fraction of sp³-hybridized carbons (Fsp3) is 0.182. The minimum atomic E-state index is -0.683. The van der Waals surface area contributed by atoms with Gasteiger partial charge in [0.05, 0.1) is 12.3 Å². The molecule has 0 atom stereocenters. The molecule has 0 radical (unpaired) electrons. The molecule has 2 aromatic heterocycles. The van der Waals surface area contributed by atoms with Crippen LogP contribution in [0, 0.1) is 18.6 Å². The third kappa shape index (κ3) is 4.23. The summed E-state index contributed by atoms with van der Waals surface area (Å²) in [6.07, 6.45) is 0. The first kappa shape index (κ1) is 19.8. The van der Waals surface area contributed by atoms with Crippen molar-refractivity contribution < 1.29 is 18.3 Å². The van der Waals surface area contributed by atoms with Crippen LogP contribution in [0.1, 0.15) is 5.69 Å². The summed E-state index contributed by atoms with van der Waals surface area (Å²) in [5, 5.41) is 11.6. The number of halogens is 2. The van der Waals surface area contributed by atoms with Crippen LogP contribution in [0.4, 0.5) is 20.4 Å². The minimum absolute atomic E-state index is 0.205. The summed E-state index contributed by atoms with van der Waals surface area (Å²) in [5.41, 5.74) is 1.48. The average molecular weight is 410 g/mol. The molecule has 6 nitrogen and oxygen atoms in total. The smallest absolute Gasteiger partial charge is 0.153 e. The maximum Gasteiger partial charge on any atom is 0.153 e. The van der Waals surface area contributed by atoms with E-state index >= 15 is 0 Å². The molecule has 2 heterocycles. The van der Waals surface area contributed by atoms with Crippen molar-refractivity contribution in [3.63, 3.8) is 0 Å². The Morgan fingerprint density at radius 2 is 1.87 bits per heavy atom. The highest BCUT2D eigenvalue weighted by Crippen LogP contribution is 2.33. The molecule has 0 saturated heterocycles. The molecule has 2 aromatic carbocycles. The van der Waals surface area contributed by atoms with Crippen molar-refractivity contribution >= 4 is 22.4 Å². The molecular weight excluding hydrogens is 390 g/mol. The van der Waals surface area contributed by atoms with Crippen LogP contribution < -0.4 is 10.1 Å². The molecule has 8 heteroatoms. The summed E-state index contributed by atoms with van der Waals surface area (Å²) in [4.78, 5) is 4.58. The van der Waals surface area contributed by atoms with Crippen molar-refractivity contribution in [2.24, 2.45) is 0 Å². The molecule has 0 spiro atoms. The second-order valence-corrected chi connectivity index (χ2v) is 6.77. The predicted octanol–water partition coefficient (Wildman–Crippen LogP) is 4.98. The third-order valence-electron chi connectivity index (χ3n) is 4.51. The number of ether oxygens (including phenoxy) is 2. The molecule has 0 unspecified atom stereocenters. The van der Waals surface area contributed by atoms with E-state index in [2.05, 4.69) is 20.5 Å². The number of H-pyrrole nitrogens is 1. The van der Waals surface area contributed by atoms with Crippen LogP contribution in [-0.4, -0.2) is 35.5 Å². The van der Waals surface area contributed by atoms with Crippen LogP contribution in [0.3, 0.4) is 0 Å². The molecule has 0 bridgehead atoms. The summed E-state index contributed by atoms with van der Waals surface area (Å²) < 4.78 is 38.7. The van der Waals surface area contributed by atoms with Gasteiger partial charge >= 0.3 is 0 Å². The van der Waals surface area contributed by atoms with Gasteiger partial charge < -0.3 is 14.8 Å². The number of nitrogens with zero attached hydrogens (tertiary/aromatic N) is 2. The van der Waals surface area contributed by atoms with Crippen LogP contribution in [0.25, 0.3) is 22.0 Å². The Labute approximate surface area is 171 Å². The molecule has 0 amide bonds. The maximum atomic E-state index is 14.6. The Balaban J connectivity index is 1.82. The number of fused-ring (bicyclic) bond motifs is 1. The van der Waals surface area contributed by atoms with E-state index in [0.717, 1.165) is 17.1 Å². The fourth-order valence-corrected chi connectivity index (χ4v) is 3.13. The molecule has 0 aliphatic rings. The Morgan fingerprint density at radius 3 is 2.60 bits per heavy atom. The number of hydrogen-bond donors (Lipinski definition) is 2. The van der Waals surface area contributed by atoms with Crippen LogP contribution in [0.15, 0.2) is 48.5 Å². The number of nitrogens with one attached hydrogen (secondary N) is 2. The van der Waals surface area contributed by atoms with Crippen LogP contribution >= 0.6 is 0 Å². The van der Waals surface area contributed by atoms with Gasteiger partial charge in [-0.15, -0.1) is 0 Å². The molecule has 4 rings (SSSR count). The van der Waals surface area contributed by atoms with Gasteiger partial charge in [-0.1, -0.05) is 0 Å². The Kier molecular flexibility index (Phi) is 5.58. The number of benzene rings is 2. The highest BCUT2D eigenvalue weighted by Gasteiger charge is 2.15. The Bertz CT molecular complexity index is 1190. The van der Waals surface area contributed by atoms with Gasteiger partial charge in [-0.3, -0.25) is 5.10 Å². The summed E-state index contributed by atoms with van der Waals surface area (Å²) >= 11 is 0. The van der Waals surface area contributed by atoms with Gasteiger partial charge in [0.25, 0.3) is 0 Å². The number of hydrogen-bond acceptors (Lipinski definition) is 5. The summed E-state index contributed by atoms with van der Waals surface area (Å²) in [5.74, 6) is 0.379. The first-order chi connectivity index (χ1) is 14.5. The van der Waals surface area contributed by atoms with Crippen LogP contribution in [0.2, 0.25) is 0 Å². The number of pyridine rings is 1. The Morgan fingerprint density at radius 1 is 1.00 bits per heavy atom. The van der Waals surface area contributed by atoms with E-state index in [1.807, 2.05) is 31.2 Å². The zero-order valence-corrected chi connectivity index (χ0v) is 16.5. The molecule has 0 aliphatic carbocycles. The molecule has 0 aliphatic heterocycles. The topological polar surface area (TPSA) is 72.1 Å². The van der Waals surface area contributed by atoms with Crippen LogP contribution in [-0.2, 0) is 4.74 Å². The lowest BCUT2D eigenvalue weighted by molar-refractivity contribution is 0.146. The molecule has 0 saturated carbocycles. The van der Waals surface area contributed by atoms with E-state index in [1.165, 1.54) is 12.1 Å². The highest BCUT2D eigenvalue weighted by molar-refractivity contribution is 5.97. The highest BCUT2D eigenvalue weighted by atomic mass is 19.1. The second-order valence-electron chi connectivity index (χ2n) is 6.77. The third-order valence-corrected chi connectivity index (χ3v) is 4.51. The largest absolute Gasteiger partial charge is 0.491 e. The quantitative estimate of drug-likeness (QED) is 0.421. The van der Waals surface area contributed by atoms with Crippen molar-refractivity contribution in [2.75, 3.05) is 25.6 Å². The van der Waals surface area contributed by atoms with Gasteiger partial charge in [-0.25, -0.2) is 13.8 Å². The zero-order valence-electron chi connectivity index (χ0n) is 16.5. The average Bonchev–Trinajstić information content (AvgIpc) is 3.12. The van der Waals surface area contributed by atoms with Gasteiger partial charge in [0.1, 0.15) is 29.8 Å². The lowest BCUT2D eigenvalue weighted by Crippen LogP contribution is -2.04. The number of methoxy groups -OCH3 is 1. The number of rotatable bonds is 7. The maximum absolute atomic E-state index is 14.6. The Hall–Kier alpha value is -3.52. The standard InChI is InChI=1S/C22H20F2N4O2/c1-13-9-21(28-27-13)25-20-11-14-10-16(30-8-7-29-2)4-6-17(14)22(26-20)18-5-3-15(23)12-19(18)24/h3-6,9-12H,7-8H2,1-2H3,(H2,25,26,27,28). The second kappa shape index (κ2) is 8.46. The van der Waals surface area contributed by atoms with E-state index < -0.39 is 11.6 Å². The first-order valence-corrected chi connectivity index (χ1v) is 9.34. The predicted molar refractivity (Wildman–Crippen MR) is 111 cm³/mol. The van der Waals surface area contributed by atoms with Gasteiger partial charge in [-0.2, -0.15) is 5.10 Å². The summed E-state index contributed by atoms with van der Waals surface area (Å²) in [6.45, 7) is 2.75. The monoisotopic (exact) mass is 410 g/mol. The molecular formula is C22H20F2N4O2. The zero-order chi connectivity index (χ0) is 21.1. The van der Waals surface area contributed by atoms with Gasteiger partial charge in [0.15, 0.2) is 5.82 Å². The lowest BCUT2D eigenvalue weighted by atomic mass is 10.0. The summed E-state index contributed by atoms with van der Waals surface area (Å²) in [6, 6.07) is 12.5. The van der Waals surface area contributed by atoms with Gasteiger partial charge in [0, 0.05) is 35.9 Å². The molecule has 0 fully saturated rings. The number of anilines is 2. The molecule has 154 valence electrons. The first-order valence-electron chi connectivity index (χ1n) is 9.34. The van der Waals surface area contributed by atoms with Crippen molar-refractivity contribution in [3.8, 4) is 17.0 Å². The fourth-order valence-electron chi connectivity index (χ4n) is 3.13. The molecule has 4 aromatic rings. The van der Waals surface area contributed by atoms with Crippen LogP contribution in [0.5, 0.6) is 5.75 Å². The lowest BCUT2D eigenvalue weighted by Gasteiger charge is -2.13. The van der Waals surface area contributed by atoms with Crippen molar-refractivity contribution in [1.29, 1.82) is 0 Å². The van der Waals surface area contributed by atoms with Crippen molar-refractivity contribution in [1.82, 2.24) is 15.2 Å². The van der Waals surface area contributed by atoms with Gasteiger partial charge in [0.2, 0.25) is 0 Å². The van der Waals surface area contributed by atoms with E-state index in [0.29, 0.717) is 41.7 Å². The molecule has 30 heavy (non-hydrogen) atoms. The van der Waals surface area contributed by atoms with Crippen molar-refractivity contribution in [3.05, 3.63) is 65.9 Å². The normalized spacial score (nSPS) is 11.1. The summed E-state index contributed by atoms with van der Waals surface area (Å²) in [7, 11) is 1.60. The van der Waals surface area contributed by atoms with E-state index in [9.17, 15) is 8.78 Å². The van der Waals surface area contributed by atoms with E-state index in [4.69, 9.17) is 9.47 Å². The number of aryl methyl sites for hydroxylation is 1. The van der Waals surface area contributed by atoms with Gasteiger partial charge in [-0.05, 0) is 48.7 Å². The minimum Gasteiger partial charge on any atom is -0.491 e. The van der Waals surface area contributed by atoms with Crippen molar-refractivity contribution in [2.45, 2.75) is 6.92 Å². The number of aromatic amines is 1.